The monoisotopic (exact) mass is 252 g/mol. The van der Waals surface area contributed by atoms with Crippen LogP contribution < -0.4 is 15.8 Å². The third-order valence-electron chi connectivity index (χ3n) is 3.24. The minimum Gasteiger partial charge on any atom is -0.495 e. The highest BCUT2D eigenvalue weighted by Gasteiger charge is 2.24. The highest BCUT2D eigenvalue weighted by Crippen LogP contribution is 2.30. The van der Waals surface area contributed by atoms with E-state index in [4.69, 9.17) is 10.5 Å². The average molecular weight is 252 g/mol. The summed E-state index contributed by atoms with van der Waals surface area (Å²) in [6, 6.07) is 8.36. The quantitative estimate of drug-likeness (QED) is 0.843. The lowest BCUT2D eigenvalue weighted by atomic mass is 9.99. The molecule has 17 heavy (non-hydrogen) atoms. The first-order valence-corrected chi connectivity index (χ1v) is 7.18. The minimum absolute atomic E-state index is 0.348. The number of anilines is 1. The summed E-state index contributed by atoms with van der Waals surface area (Å²) in [6.45, 7) is 0.670. The van der Waals surface area contributed by atoms with Crippen LogP contribution in [0, 0.1) is 5.92 Å². The Morgan fingerprint density at radius 1 is 1.53 bits per heavy atom. The van der Waals surface area contributed by atoms with Crippen LogP contribution in [0.5, 0.6) is 5.75 Å². The number of benzene rings is 1. The lowest BCUT2D eigenvalue weighted by Gasteiger charge is -2.24. The minimum atomic E-state index is 0.348. The van der Waals surface area contributed by atoms with E-state index in [1.165, 1.54) is 17.9 Å². The largest absolute Gasteiger partial charge is 0.495 e. The lowest BCUT2D eigenvalue weighted by molar-refractivity contribution is 0.414. The normalized spacial score (nSPS) is 21.2. The fourth-order valence-electron chi connectivity index (χ4n) is 2.20. The maximum Gasteiger partial charge on any atom is 0.141 e. The Bertz CT molecular complexity index is 353. The Hall–Kier alpha value is -0.870. The van der Waals surface area contributed by atoms with Crippen LogP contribution in [0.25, 0.3) is 0 Å². The molecule has 0 radical (unpaired) electrons. The predicted octanol–water partition coefficient (Wildman–Crippen LogP) is 2.19. The van der Waals surface area contributed by atoms with Crippen molar-refractivity contribution in [1.29, 1.82) is 0 Å². The summed E-state index contributed by atoms with van der Waals surface area (Å²) in [4.78, 5) is 0. The van der Waals surface area contributed by atoms with E-state index < -0.39 is 0 Å². The Morgan fingerprint density at radius 3 is 3.00 bits per heavy atom. The van der Waals surface area contributed by atoms with Gasteiger partial charge in [-0.25, -0.2) is 0 Å². The van der Waals surface area contributed by atoms with Crippen LogP contribution in [0.15, 0.2) is 24.3 Å². The molecular weight excluding hydrogens is 232 g/mol. The molecule has 1 aromatic rings. The summed E-state index contributed by atoms with van der Waals surface area (Å²) in [6.07, 6.45) is 1.26. The summed E-state index contributed by atoms with van der Waals surface area (Å²) in [5.41, 5.74) is 6.92. The van der Waals surface area contributed by atoms with Gasteiger partial charge in [-0.2, -0.15) is 11.8 Å². The van der Waals surface area contributed by atoms with E-state index in [0.717, 1.165) is 11.4 Å². The van der Waals surface area contributed by atoms with Gasteiger partial charge in [0.15, 0.2) is 0 Å². The van der Waals surface area contributed by atoms with Crippen LogP contribution >= 0.6 is 11.8 Å². The first-order valence-electron chi connectivity index (χ1n) is 6.02. The number of methoxy groups -OCH3 is 1. The smallest absolute Gasteiger partial charge is 0.141 e. The second kappa shape index (κ2) is 6.17. The maximum atomic E-state index is 5.88. The molecule has 3 N–H and O–H groups in total. The molecule has 1 fully saturated rings. The summed E-state index contributed by atoms with van der Waals surface area (Å²) < 4.78 is 5.34. The van der Waals surface area contributed by atoms with Gasteiger partial charge in [-0.15, -0.1) is 0 Å². The second-order valence-electron chi connectivity index (χ2n) is 4.31. The summed E-state index contributed by atoms with van der Waals surface area (Å²) >= 11 is 2.02. The molecule has 1 aromatic carbocycles. The van der Waals surface area contributed by atoms with E-state index in [2.05, 4.69) is 5.32 Å². The molecule has 3 nitrogen and oxygen atoms in total. The number of hydrogen-bond acceptors (Lipinski definition) is 4. The lowest BCUT2D eigenvalue weighted by Crippen LogP contribution is -2.36. The van der Waals surface area contributed by atoms with Crippen molar-refractivity contribution < 1.29 is 4.74 Å². The van der Waals surface area contributed by atoms with Gasteiger partial charge in [0.05, 0.1) is 12.8 Å². The Balaban J connectivity index is 2.06. The van der Waals surface area contributed by atoms with Crippen LogP contribution in [0.1, 0.15) is 6.42 Å². The van der Waals surface area contributed by atoms with E-state index in [0.29, 0.717) is 18.5 Å². The molecule has 0 saturated carbocycles. The Kier molecular flexibility index (Phi) is 4.57. The standard InChI is InChI=1S/C13H20N2OS/c1-16-13-5-3-2-4-11(13)15-12(8-14)10-6-7-17-9-10/h2-5,10,12,15H,6-9,14H2,1H3. The van der Waals surface area contributed by atoms with Crippen molar-refractivity contribution in [3.8, 4) is 5.75 Å². The van der Waals surface area contributed by atoms with Crippen LogP contribution in [0.4, 0.5) is 5.69 Å². The second-order valence-corrected chi connectivity index (χ2v) is 5.46. The Morgan fingerprint density at radius 2 is 2.35 bits per heavy atom. The number of ether oxygens (including phenoxy) is 1. The van der Waals surface area contributed by atoms with Crippen molar-refractivity contribution >= 4 is 17.4 Å². The van der Waals surface area contributed by atoms with Crippen LogP contribution in [-0.2, 0) is 0 Å². The molecule has 2 unspecified atom stereocenters. The molecule has 1 aliphatic rings. The van der Waals surface area contributed by atoms with Gasteiger partial charge in [-0.1, -0.05) is 12.1 Å². The summed E-state index contributed by atoms with van der Waals surface area (Å²) in [7, 11) is 1.70. The molecule has 0 bridgehead atoms. The topological polar surface area (TPSA) is 47.3 Å². The zero-order valence-corrected chi connectivity index (χ0v) is 11.0. The fourth-order valence-corrected chi connectivity index (χ4v) is 3.54. The van der Waals surface area contributed by atoms with Crippen molar-refractivity contribution in [2.24, 2.45) is 11.7 Å². The summed E-state index contributed by atoms with van der Waals surface area (Å²) in [5, 5.41) is 3.53. The zero-order valence-electron chi connectivity index (χ0n) is 10.2. The molecular formula is C13H20N2OS. The Labute approximate surface area is 107 Å². The number of para-hydroxylation sites is 2. The number of hydrogen-bond donors (Lipinski definition) is 2. The van der Waals surface area contributed by atoms with Gasteiger partial charge in [0.2, 0.25) is 0 Å². The first kappa shape index (κ1) is 12.6. The molecule has 2 atom stereocenters. The van der Waals surface area contributed by atoms with Gasteiger partial charge in [0, 0.05) is 12.6 Å². The number of nitrogens with one attached hydrogen (secondary N) is 1. The van der Waals surface area contributed by atoms with Crippen LogP contribution in [-0.4, -0.2) is 31.2 Å². The van der Waals surface area contributed by atoms with E-state index in [9.17, 15) is 0 Å². The molecule has 0 aromatic heterocycles. The SMILES string of the molecule is COc1ccccc1NC(CN)C1CCSC1. The molecule has 94 valence electrons. The number of rotatable bonds is 5. The van der Waals surface area contributed by atoms with Crippen molar-refractivity contribution in [2.45, 2.75) is 12.5 Å². The number of nitrogens with two attached hydrogens (primary N) is 1. The average Bonchev–Trinajstić information content (AvgIpc) is 2.90. The van der Waals surface area contributed by atoms with Gasteiger partial charge >= 0.3 is 0 Å². The third-order valence-corrected chi connectivity index (χ3v) is 4.42. The van der Waals surface area contributed by atoms with Crippen molar-refractivity contribution in [1.82, 2.24) is 0 Å². The maximum absolute atomic E-state index is 5.88. The van der Waals surface area contributed by atoms with Gasteiger partial charge in [-0.05, 0) is 36.0 Å². The van der Waals surface area contributed by atoms with Crippen molar-refractivity contribution in [3.05, 3.63) is 24.3 Å². The predicted molar refractivity (Wildman–Crippen MR) is 74.9 cm³/mol. The van der Waals surface area contributed by atoms with Crippen LogP contribution in [0.2, 0.25) is 0 Å². The molecule has 0 spiro atoms. The van der Waals surface area contributed by atoms with Gasteiger partial charge in [-0.3, -0.25) is 0 Å². The van der Waals surface area contributed by atoms with Crippen LogP contribution in [0.3, 0.4) is 0 Å². The van der Waals surface area contributed by atoms with E-state index in [-0.39, 0.29) is 0 Å². The molecule has 2 rings (SSSR count). The molecule has 0 amide bonds. The zero-order chi connectivity index (χ0) is 12.1. The molecule has 0 aliphatic carbocycles. The molecule has 1 heterocycles. The first-order chi connectivity index (χ1) is 8.35. The summed E-state index contributed by atoms with van der Waals surface area (Å²) in [5.74, 6) is 4.03. The van der Waals surface area contributed by atoms with E-state index >= 15 is 0 Å². The van der Waals surface area contributed by atoms with Crippen molar-refractivity contribution in [3.63, 3.8) is 0 Å². The number of thioether (sulfide) groups is 1. The molecule has 1 aliphatic heterocycles. The van der Waals surface area contributed by atoms with E-state index in [1.807, 2.05) is 36.0 Å². The van der Waals surface area contributed by atoms with Gasteiger partial charge in [0.1, 0.15) is 5.75 Å². The third kappa shape index (κ3) is 3.07. The van der Waals surface area contributed by atoms with E-state index in [1.54, 1.807) is 7.11 Å². The molecule has 4 heteroatoms. The highest BCUT2D eigenvalue weighted by molar-refractivity contribution is 7.99. The van der Waals surface area contributed by atoms with Gasteiger partial charge < -0.3 is 15.8 Å². The fraction of sp³-hybridized carbons (Fsp3) is 0.538. The molecule has 1 saturated heterocycles. The van der Waals surface area contributed by atoms with Crippen molar-refractivity contribution in [2.75, 3.05) is 30.5 Å². The highest BCUT2D eigenvalue weighted by atomic mass is 32.2. The van der Waals surface area contributed by atoms with Gasteiger partial charge in [0.25, 0.3) is 0 Å².